The maximum absolute atomic E-state index is 12.4. The highest BCUT2D eigenvalue weighted by atomic mass is 19.4. The summed E-state index contributed by atoms with van der Waals surface area (Å²) < 4.78 is 61.9. The van der Waals surface area contributed by atoms with E-state index in [9.17, 15) is 22.0 Å². The molecule has 2 aromatic carbocycles. The van der Waals surface area contributed by atoms with Crippen LogP contribution in [-0.4, -0.2) is 0 Å². The molecule has 0 aliphatic rings. The molecule has 112 valence electrons. The van der Waals surface area contributed by atoms with Crippen LogP contribution in [-0.2, 0) is 12.7 Å². The minimum atomic E-state index is -4.36. The number of alkyl halides is 5. The lowest BCUT2D eigenvalue weighted by Gasteiger charge is -2.10. The quantitative estimate of drug-likeness (QED) is 0.760. The van der Waals surface area contributed by atoms with E-state index in [0.29, 0.717) is 12.2 Å². The van der Waals surface area contributed by atoms with Gasteiger partial charge in [0.2, 0.25) is 0 Å². The lowest BCUT2D eigenvalue weighted by molar-refractivity contribution is -0.137. The molecule has 0 fully saturated rings. The summed E-state index contributed by atoms with van der Waals surface area (Å²) >= 11 is 0. The zero-order valence-electron chi connectivity index (χ0n) is 10.8. The molecule has 0 aromatic heterocycles. The van der Waals surface area contributed by atoms with Gasteiger partial charge in [0.1, 0.15) is 0 Å². The van der Waals surface area contributed by atoms with Gasteiger partial charge in [0.15, 0.2) is 0 Å². The molecule has 0 bridgehead atoms. The molecule has 0 aliphatic carbocycles. The van der Waals surface area contributed by atoms with Crippen LogP contribution >= 0.6 is 0 Å². The number of benzene rings is 2. The van der Waals surface area contributed by atoms with Gasteiger partial charge < -0.3 is 5.32 Å². The van der Waals surface area contributed by atoms with E-state index in [1.165, 1.54) is 24.3 Å². The Hall–Kier alpha value is -2.11. The minimum Gasteiger partial charge on any atom is -0.381 e. The van der Waals surface area contributed by atoms with Crippen molar-refractivity contribution in [3.8, 4) is 0 Å². The second-order valence-corrected chi connectivity index (χ2v) is 4.47. The molecule has 0 saturated carbocycles. The van der Waals surface area contributed by atoms with Gasteiger partial charge in [-0.1, -0.05) is 24.3 Å². The SMILES string of the molecule is FC(F)c1ccc(CNc2ccc(C(F)(F)F)cc2)cc1. The average Bonchev–Trinajstić information content (AvgIpc) is 2.45. The van der Waals surface area contributed by atoms with Crippen molar-refractivity contribution in [2.75, 3.05) is 5.32 Å². The van der Waals surface area contributed by atoms with Crippen molar-refractivity contribution in [2.24, 2.45) is 0 Å². The summed E-state index contributed by atoms with van der Waals surface area (Å²) in [7, 11) is 0. The van der Waals surface area contributed by atoms with Crippen LogP contribution in [0.3, 0.4) is 0 Å². The van der Waals surface area contributed by atoms with Gasteiger partial charge in [0, 0.05) is 17.8 Å². The van der Waals surface area contributed by atoms with Gasteiger partial charge in [-0.3, -0.25) is 0 Å². The highest BCUT2D eigenvalue weighted by Gasteiger charge is 2.29. The van der Waals surface area contributed by atoms with Crippen LogP contribution in [0.15, 0.2) is 48.5 Å². The van der Waals surface area contributed by atoms with Crippen molar-refractivity contribution in [2.45, 2.75) is 19.1 Å². The number of rotatable bonds is 4. The third-order valence-electron chi connectivity index (χ3n) is 2.94. The predicted octanol–water partition coefficient (Wildman–Crippen LogP) is 5.26. The molecule has 0 aliphatic heterocycles. The van der Waals surface area contributed by atoms with Crippen LogP contribution in [0.2, 0.25) is 0 Å². The second kappa shape index (κ2) is 6.11. The first-order chi connectivity index (χ1) is 9.86. The molecule has 6 heteroatoms. The molecule has 1 N–H and O–H groups in total. The van der Waals surface area contributed by atoms with Gasteiger partial charge in [0.25, 0.3) is 6.43 Å². The lowest BCUT2D eigenvalue weighted by Crippen LogP contribution is -2.05. The number of nitrogens with one attached hydrogen (secondary N) is 1. The second-order valence-electron chi connectivity index (χ2n) is 4.47. The summed E-state index contributed by atoms with van der Waals surface area (Å²) in [6.45, 7) is 0.342. The monoisotopic (exact) mass is 301 g/mol. The Morgan fingerprint density at radius 3 is 1.90 bits per heavy atom. The minimum absolute atomic E-state index is 0.0618. The van der Waals surface area contributed by atoms with Gasteiger partial charge in [0.05, 0.1) is 5.56 Å². The molecule has 0 amide bonds. The topological polar surface area (TPSA) is 12.0 Å². The summed E-state index contributed by atoms with van der Waals surface area (Å²) in [4.78, 5) is 0. The molecule has 0 radical (unpaired) electrons. The van der Waals surface area contributed by atoms with Gasteiger partial charge in [-0.2, -0.15) is 13.2 Å². The predicted molar refractivity (Wildman–Crippen MR) is 70.2 cm³/mol. The Balaban J connectivity index is 1.96. The molecule has 0 spiro atoms. The fraction of sp³-hybridized carbons (Fsp3) is 0.200. The first-order valence-electron chi connectivity index (χ1n) is 6.14. The fourth-order valence-electron chi connectivity index (χ4n) is 1.76. The molecule has 2 rings (SSSR count). The highest BCUT2D eigenvalue weighted by molar-refractivity contribution is 5.45. The van der Waals surface area contributed by atoms with Gasteiger partial charge in [-0.15, -0.1) is 0 Å². The smallest absolute Gasteiger partial charge is 0.381 e. The number of hydrogen-bond donors (Lipinski definition) is 1. The Morgan fingerprint density at radius 2 is 1.43 bits per heavy atom. The van der Waals surface area contributed by atoms with Crippen molar-refractivity contribution in [3.05, 3.63) is 65.2 Å². The van der Waals surface area contributed by atoms with Gasteiger partial charge in [-0.05, 0) is 29.8 Å². The molecule has 0 atom stereocenters. The van der Waals surface area contributed by atoms with E-state index in [4.69, 9.17) is 0 Å². The molecule has 2 aromatic rings. The summed E-state index contributed by atoms with van der Waals surface area (Å²) in [6.07, 6.45) is -6.87. The number of halogens is 5. The summed E-state index contributed by atoms with van der Waals surface area (Å²) in [5, 5.41) is 2.93. The van der Waals surface area contributed by atoms with Gasteiger partial charge in [-0.25, -0.2) is 8.78 Å². The Kier molecular flexibility index (Phi) is 4.45. The Bertz CT molecular complexity index is 573. The zero-order chi connectivity index (χ0) is 15.5. The molecule has 21 heavy (non-hydrogen) atoms. The van der Waals surface area contributed by atoms with Crippen molar-refractivity contribution in [1.82, 2.24) is 0 Å². The molecule has 0 saturated heterocycles. The van der Waals surface area contributed by atoms with E-state index in [0.717, 1.165) is 17.7 Å². The Morgan fingerprint density at radius 1 is 0.857 bits per heavy atom. The molecule has 0 heterocycles. The summed E-state index contributed by atoms with van der Waals surface area (Å²) in [6, 6.07) is 10.4. The maximum Gasteiger partial charge on any atom is 0.416 e. The number of hydrogen-bond acceptors (Lipinski definition) is 1. The molecule has 0 unspecified atom stereocenters. The van der Waals surface area contributed by atoms with Crippen LogP contribution in [0, 0.1) is 0 Å². The Labute approximate surface area is 118 Å². The summed E-state index contributed by atoms with van der Waals surface area (Å²) in [5.41, 5.74) is 0.517. The molecule has 1 nitrogen and oxygen atoms in total. The standard InChI is InChI=1S/C15H12F5N/c16-14(17)11-3-1-10(2-4-11)9-21-13-7-5-12(6-8-13)15(18,19)20/h1-8,14,21H,9H2. The lowest BCUT2D eigenvalue weighted by atomic mass is 10.1. The van der Waals surface area contributed by atoms with Crippen LogP contribution in [0.1, 0.15) is 23.1 Å². The highest BCUT2D eigenvalue weighted by Crippen LogP contribution is 2.29. The van der Waals surface area contributed by atoms with E-state index < -0.39 is 18.2 Å². The largest absolute Gasteiger partial charge is 0.416 e. The van der Waals surface area contributed by atoms with E-state index in [-0.39, 0.29) is 5.56 Å². The summed E-state index contributed by atoms with van der Waals surface area (Å²) in [5.74, 6) is 0. The maximum atomic E-state index is 12.4. The van der Waals surface area contributed by atoms with Crippen molar-refractivity contribution >= 4 is 5.69 Å². The van der Waals surface area contributed by atoms with Crippen molar-refractivity contribution < 1.29 is 22.0 Å². The normalized spacial score (nSPS) is 11.7. The van der Waals surface area contributed by atoms with Crippen LogP contribution in [0.4, 0.5) is 27.6 Å². The van der Waals surface area contributed by atoms with Crippen LogP contribution in [0.5, 0.6) is 0 Å². The first-order valence-corrected chi connectivity index (χ1v) is 6.14. The third-order valence-corrected chi connectivity index (χ3v) is 2.94. The number of anilines is 1. The molecular weight excluding hydrogens is 289 g/mol. The fourth-order valence-corrected chi connectivity index (χ4v) is 1.76. The van der Waals surface area contributed by atoms with Crippen LogP contribution < -0.4 is 5.32 Å². The van der Waals surface area contributed by atoms with Crippen LogP contribution in [0.25, 0.3) is 0 Å². The average molecular weight is 301 g/mol. The van der Waals surface area contributed by atoms with Gasteiger partial charge >= 0.3 is 6.18 Å². The van der Waals surface area contributed by atoms with Crippen molar-refractivity contribution in [3.63, 3.8) is 0 Å². The van der Waals surface area contributed by atoms with Crippen molar-refractivity contribution in [1.29, 1.82) is 0 Å². The first kappa shape index (κ1) is 15.3. The third kappa shape index (κ3) is 4.18. The zero-order valence-corrected chi connectivity index (χ0v) is 10.8. The van der Waals surface area contributed by atoms with E-state index >= 15 is 0 Å². The molecular formula is C15H12F5N. The van der Waals surface area contributed by atoms with E-state index in [2.05, 4.69) is 5.32 Å². The van der Waals surface area contributed by atoms with E-state index in [1.54, 1.807) is 12.1 Å². The van der Waals surface area contributed by atoms with E-state index in [1.807, 2.05) is 0 Å².